The number of H-pyrrole nitrogens is 1. The van der Waals surface area contributed by atoms with Crippen molar-refractivity contribution >= 4 is 33.4 Å². The topological polar surface area (TPSA) is 74.8 Å². The van der Waals surface area contributed by atoms with E-state index in [1.165, 1.54) is 22.6 Å². The van der Waals surface area contributed by atoms with Crippen LogP contribution in [0.4, 0.5) is 18.3 Å². The van der Waals surface area contributed by atoms with Gasteiger partial charge in [-0.3, -0.25) is 9.69 Å². The molecule has 0 fully saturated rings. The van der Waals surface area contributed by atoms with Gasteiger partial charge in [0.05, 0.1) is 0 Å². The number of amides is 1. The summed E-state index contributed by atoms with van der Waals surface area (Å²) in [5.41, 5.74) is 1.84. The molecule has 3 heterocycles. The van der Waals surface area contributed by atoms with Gasteiger partial charge >= 0.3 is 6.18 Å². The van der Waals surface area contributed by atoms with Gasteiger partial charge in [0.15, 0.2) is 5.13 Å². The Labute approximate surface area is 165 Å². The molecule has 3 rings (SSSR count). The molecule has 1 amide bonds. The van der Waals surface area contributed by atoms with Gasteiger partial charge in [-0.15, -0.1) is 11.3 Å². The van der Waals surface area contributed by atoms with E-state index in [0.29, 0.717) is 22.2 Å². The van der Waals surface area contributed by atoms with E-state index in [-0.39, 0.29) is 32.6 Å². The maximum Gasteiger partial charge on any atom is 0.389 e. The molecule has 28 heavy (non-hydrogen) atoms. The number of aromatic amines is 1. The highest BCUT2D eigenvalue weighted by Gasteiger charge is 2.28. The van der Waals surface area contributed by atoms with Gasteiger partial charge in [0.25, 0.3) is 0 Å². The molecule has 0 aliphatic carbocycles. The fourth-order valence-electron chi connectivity index (χ4n) is 2.80. The van der Waals surface area contributed by atoms with Crippen LogP contribution < -0.4 is 4.90 Å². The molecule has 6 nitrogen and oxygen atoms in total. The maximum atomic E-state index is 12.6. The van der Waals surface area contributed by atoms with Crippen molar-refractivity contribution in [3.8, 4) is 11.4 Å². The zero-order valence-electron chi connectivity index (χ0n) is 15.5. The number of rotatable bonds is 7. The average molecular weight is 413 g/mol. The summed E-state index contributed by atoms with van der Waals surface area (Å²) < 4.78 is 37.6. The second kappa shape index (κ2) is 8.26. The molecule has 3 aromatic rings. The second-order valence-corrected chi connectivity index (χ2v) is 7.68. The first-order valence-corrected chi connectivity index (χ1v) is 9.73. The summed E-state index contributed by atoms with van der Waals surface area (Å²) in [6.07, 6.45) is -1.95. The van der Waals surface area contributed by atoms with Crippen LogP contribution in [0.15, 0.2) is 24.0 Å². The normalized spacial score (nSPS) is 12.1. The van der Waals surface area contributed by atoms with Crippen molar-refractivity contribution in [2.45, 2.75) is 39.3 Å². The lowest BCUT2D eigenvalue weighted by Crippen LogP contribution is -2.33. The Bertz CT molecular complexity index is 956. The molecule has 10 heteroatoms. The number of nitrogens with zero attached hydrogens (tertiary/aromatic N) is 4. The van der Waals surface area contributed by atoms with Gasteiger partial charge in [0, 0.05) is 37.8 Å². The number of hydrogen-bond acceptors (Lipinski definition) is 5. The van der Waals surface area contributed by atoms with Crippen molar-refractivity contribution < 1.29 is 19.4 Å². The average Bonchev–Trinajstić information content (AvgIpc) is 3.26. The van der Waals surface area contributed by atoms with E-state index in [1.54, 1.807) is 11.6 Å². The largest absolute Gasteiger partial charge is 0.389 e. The molecule has 1 N–H and O–H groups in total. The summed E-state index contributed by atoms with van der Waals surface area (Å²) >= 11 is 1.22. The van der Waals surface area contributed by atoms with Crippen LogP contribution in [-0.4, -0.2) is 38.6 Å². The summed E-state index contributed by atoms with van der Waals surface area (Å²) in [6.45, 7) is 3.76. The summed E-state index contributed by atoms with van der Waals surface area (Å²) in [5.74, 6) is -0.133. The van der Waals surface area contributed by atoms with Crippen molar-refractivity contribution in [2.24, 2.45) is 5.92 Å². The van der Waals surface area contributed by atoms with Crippen LogP contribution >= 0.6 is 11.3 Å². The lowest BCUT2D eigenvalue weighted by atomic mass is 10.1. The molecule has 0 radical (unpaired) electrons. The quantitative estimate of drug-likeness (QED) is 0.588. The van der Waals surface area contributed by atoms with Gasteiger partial charge in [-0.25, -0.2) is 15.0 Å². The van der Waals surface area contributed by atoms with Crippen molar-refractivity contribution in [1.82, 2.24) is 19.9 Å². The molecule has 0 atom stereocenters. The smallest absolute Gasteiger partial charge is 0.346 e. The number of hydrogen-bond donors (Lipinski definition) is 1. The first-order chi connectivity index (χ1) is 13.2. The Morgan fingerprint density at radius 1 is 1.36 bits per heavy atom. The lowest BCUT2D eigenvalue weighted by molar-refractivity contribution is -0.135. The van der Waals surface area contributed by atoms with E-state index < -0.39 is 12.6 Å². The van der Waals surface area contributed by atoms with E-state index in [9.17, 15) is 18.0 Å². The zero-order valence-corrected chi connectivity index (χ0v) is 16.3. The standard InChI is InChI=1S/C18H20F3N5OS.H2/c1-11(2)8-14(27)26(7-3-5-18(19,20)21)17-25-13(9-28-17)15-12-4-6-22-16(12)24-10-23-15;/h4,6,9-11H,3,5,7-8H2,1-2H3,(H,22,23,24);1H. The van der Waals surface area contributed by atoms with Crippen LogP contribution in [0.5, 0.6) is 0 Å². The van der Waals surface area contributed by atoms with Crippen LogP contribution in [0.2, 0.25) is 0 Å². The third-order valence-corrected chi connectivity index (χ3v) is 4.91. The lowest BCUT2D eigenvalue weighted by Gasteiger charge is -2.21. The molecular formula is C18H22F3N5OS. The minimum Gasteiger partial charge on any atom is -0.346 e. The number of alkyl halides is 3. The molecule has 152 valence electrons. The summed E-state index contributed by atoms with van der Waals surface area (Å²) in [6, 6.07) is 1.83. The number of nitrogens with one attached hydrogen (secondary N) is 1. The van der Waals surface area contributed by atoms with E-state index in [0.717, 1.165) is 5.39 Å². The number of anilines is 1. The van der Waals surface area contributed by atoms with Crippen molar-refractivity contribution in [3.63, 3.8) is 0 Å². The Balaban J connectivity index is 0.00000300. The van der Waals surface area contributed by atoms with Crippen LogP contribution in [0.1, 0.15) is 34.5 Å². The van der Waals surface area contributed by atoms with Crippen LogP contribution in [-0.2, 0) is 4.79 Å². The van der Waals surface area contributed by atoms with Gasteiger partial charge in [-0.1, -0.05) is 13.8 Å². The fourth-order valence-corrected chi connectivity index (χ4v) is 3.65. The van der Waals surface area contributed by atoms with Gasteiger partial charge in [-0.05, 0) is 18.4 Å². The van der Waals surface area contributed by atoms with Crippen molar-refractivity contribution in [3.05, 3.63) is 24.0 Å². The van der Waals surface area contributed by atoms with Gasteiger partial charge < -0.3 is 4.98 Å². The first-order valence-electron chi connectivity index (χ1n) is 8.85. The molecule has 0 aliphatic rings. The van der Waals surface area contributed by atoms with Gasteiger partial charge in [-0.2, -0.15) is 13.2 Å². The molecule has 0 saturated carbocycles. The Morgan fingerprint density at radius 3 is 2.86 bits per heavy atom. The Morgan fingerprint density at radius 2 is 2.14 bits per heavy atom. The molecule has 0 aromatic carbocycles. The van der Waals surface area contributed by atoms with Gasteiger partial charge in [0.2, 0.25) is 5.91 Å². The number of carbonyl (C=O) groups is 1. The minimum absolute atomic E-state index is 0. The monoisotopic (exact) mass is 413 g/mol. The van der Waals surface area contributed by atoms with Crippen molar-refractivity contribution in [2.75, 3.05) is 11.4 Å². The van der Waals surface area contributed by atoms with Crippen LogP contribution in [0.25, 0.3) is 22.4 Å². The number of fused-ring (bicyclic) bond motifs is 1. The third kappa shape index (κ3) is 4.86. The highest BCUT2D eigenvalue weighted by atomic mass is 32.1. The molecule has 0 bridgehead atoms. The Hall–Kier alpha value is -2.49. The minimum atomic E-state index is -4.25. The first kappa shape index (κ1) is 20.2. The number of halogens is 3. The summed E-state index contributed by atoms with van der Waals surface area (Å²) in [7, 11) is 0. The molecule has 3 aromatic heterocycles. The van der Waals surface area contributed by atoms with E-state index in [4.69, 9.17) is 0 Å². The van der Waals surface area contributed by atoms with Gasteiger partial charge in [0.1, 0.15) is 23.4 Å². The Kier molecular flexibility index (Phi) is 5.97. The highest BCUT2D eigenvalue weighted by Crippen LogP contribution is 2.31. The maximum absolute atomic E-state index is 12.6. The summed E-state index contributed by atoms with van der Waals surface area (Å²) in [5, 5.41) is 2.92. The van der Waals surface area contributed by atoms with Crippen molar-refractivity contribution in [1.29, 1.82) is 0 Å². The molecule has 0 unspecified atom stereocenters. The number of aromatic nitrogens is 4. The highest BCUT2D eigenvalue weighted by molar-refractivity contribution is 7.14. The van der Waals surface area contributed by atoms with Crippen LogP contribution in [0.3, 0.4) is 0 Å². The third-order valence-electron chi connectivity index (χ3n) is 4.05. The molecular weight excluding hydrogens is 391 g/mol. The summed E-state index contributed by atoms with van der Waals surface area (Å²) in [4.78, 5) is 29.9. The zero-order chi connectivity index (χ0) is 20.3. The SMILES string of the molecule is CC(C)CC(=O)N(CCCC(F)(F)F)c1nc(-c2ncnc3[nH]ccc23)cs1.[HH]. The van der Waals surface area contributed by atoms with E-state index in [1.807, 2.05) is 19.9 Å². The van der Waals surface area contributed by atoms with E-state index >= 15 is 0 Å². The molecule has 0 saturated heterocycles. The molecule has 0 aliphatic heterocycles. The second-order valence-electron chi connectivity index (χ2n) is 6.84. The fraction of sp³-hybridized carbons (Fsp3) is 0.444. The number of carbonyl (C=O) groups excluding carboxylic acids is 1. The molecule has 0 spiro atoms. The predicted molar refractivity (Wildman–Crippen MR) is 104 cm³/mol. The van der Waals surface area contributed by atoms with E-state index in [2.05, 4.69) is 19.9 Å². The van der Waals surface area contributed by atoms with Crippen LogP contribution in [0, 0.1) is 5.92 Å². The predicted octanol–water partition coefficient (Wildman–Crippen LogP) is 5.05. The number of thiazole rings is 1.